The zero-order chi connectivity index (χ0) is 10.7. The average Bonchev–Trinajstić information content (AvgIpc) is 2.18. The maximum Gasteiger partial charge on any atom is 0.176 e. The SMILES string of the molecule is NC/C=C/c1cc(F)c(Br)c(F)c1F. The summed E-state index contributed by atoms with van der Waals surface area (Å²) in [4.78, 5) is 0. The molecule has 0 saturated heterocycles. The number of halogens is 4. The predicted octanol–water partition coefficient (Wildman–Crippen LogP) is 2.84. The summed E-state index contributed by atoms with van der Waals surface area (Å²) in [6.07, 6.45) is 2.64. The summed E-state index contributed by atoms with van der Waals surface area (Å²) in [6, 6.07) is 0.897. The van der Waals surface area contributed by atoms with E-state index in [1.165, 1.54) is 12.2 Å². The number of hydrogen-bond donors (Lipinski definition) is 1. The van der Waals surface area contributed by atoms with Gasteiger partial charge in [0.15, 0.2) is 11.6 Å². The minimum Gasteiger partial charge on any atom is -0.327 e. The third-order valence-electron chi connectivity index (χ3n) is 1.56. The van der Waals surface area contributed by atoms with E-state index in [0.717, 1.165) is 6.07 Å². The van der Waals surface area contributed by atoms with E-state index in [-0.39, 0.29) is 12.1 Å². The molecule has 76 valence electrons. The second kappa shape index (κ2) is 4.61. The molecule has 0 spiro atoms. The first kappa shape index (κ1) is 11.3. The van der Waals surface area contributed by atoms with Crippen molar-refractivity contribution < 1.29 is 13.2 Å². The van der Waals surface area contributed by atoms with Crippen LogP contribution in [0.2, 0.25) is 0 Å². The zero-order valence-corrected chi connectivity index (χ0v) is 8.61. The van der Waals surface area contributed by atoms with Crippen LogP contribution in [0, 0.1) is 17.5 Å². The standard InChI is InChI=1S/C9H7BrF3N/c10-7-6(11)4-5(2-1-3-14)8(12)9(7)13/h1-2,4H,3,14H2/b2-1+. The third-order valence-corrected chi connectivity index (χ3v) is 2.29. The van der Waals surface area contributed by atoms with Gasteiger partial charge in [-0.2, -0.15) is 0 Å². The lowest BCUT2D eigenvalue weighted by Gasteiger charge is -2.02. The van der Waals surface area contributed by atoms with Gasteiger partial charge in [-0.15, -0.1) is 0 Å². The number of nitrogens with two attached hydrogens (primary N) is 1. The van der Waals surface area contributed by atoms with Crippen molar-refractivity contribution in [2.24, 2.45) is 5.73 Å². The average molecular weight is 266 g/mol. The monoisotopic (exact) mass is 265 g/mol. The van der Waals surface area contributed by atoms with E-state index in [1.54, 1.807) is 0 Å². The summed E-state index contributed by atoms with van der Waals surface area (Å²) in [7, 11) is 0. The van der Waals surface area contributed by atoms with Gasteiger partial charge in [-0.05, 0) is 22.0 Å². The van der Waals surface area contributed by atoms with E-state index >= 15 is 0 Å². The summed E-state index contributed by atoms with van der Waals surface area (Å²) < 4.78 is 38.5. The van der Waals surface area contributed by atoms with Crippen LogP contribution < -0.4 is 5.73 Å². The van der Waals surface area contributed by atoms with Gasteiger partial charge in [0.25, 0.3) is 0 Å². The lowest BCUT2D eigenvalue weighted by atomic mass is 10.2. The van der Waals surface area contributed by atoms with Gasteiger partial charge in [0.2, 0.25) is 0 Å². The normalized spacial score (nSPS) is 11.2. The molecule has 0 aromatic heterocycles. The van der Waals surface area contributed by atoms with Crippen molar-refractivity contribution in [2.75, 3.05) is 6.54 Å². The first-order chi connectivity index (χ1) is 6.57. The van der Waals surface area contributed by atoms with E-state index in [9.17, 15) is 13.2 Å². The van der Waals surface area contributed by atoms with Crippen LogP contribution in [0.1, 0.15) is 5.56 Å². The molecular weight excluding hydrogens is 259 g/mol. The molecule has 0 radical (unpaired) electrons. The lowest BCUT2D eigenvalue weighted by molar-refractivity contribution is 0.486. The molecule has 0 aliphatic heterocycles. The molecule has 0 unspecified atom stereocenters. The first-order valence-corrected chi connectivity index (χ1v) is 4.56. The molecule has 0 amide bonds. The molecule has 5 heteroatoms. The molecule has 0 atom stereocenters. The Kier molecular flexibility index (Phi) is 3.71. The fraction of sp³-hybridized carbons (Fsp3) is 0.111. The van der Waals surface area contributed by atoms with Gasteiger partial charge in [0, 0.05) is 12.1 Å². The largest absolute Gasteiger partial charge is 0.327 e. The van der Waals surface area contributed by atoms with Crippen LogP contribution in [0.5, 0.6) is 0 Å². The summed E-state index contributed by atoms with van der Waals surface area (Å²) in [6.45, 7) is 0.179. The van der Waals surface area contributed by atoms with Gasteiger partial charge in [0.1, 0.15) is 5.82 Å². The quantitative estimate of drug-likeness (QED) is 0.646. The van der Waals surface area contributed by atoms with Crippen LogP contribution in [0.4, 0.5) is 13.2 Å². The van der Waals surface area contributed by atoms with Crippen molar-refractivity contribution in [3.05, 3.63) is 39.6 Å². The minimum atomic E-state index is -1.23. The molecule has 1 nitrogen and oxygen atoms in total. The second-order valence-electron chi connectivity index (χ2n) is 2.53. The molecule has 0 bridgehead atoms. The van der Waals surface area contributed by atoms with Crippen LogP contribution >= 0.6 is 15.9 Å². The van der Waals surface area contributed by atoms with Crippen molar-refractivity contribution in [3.8, 4) is 0 Å². The van der Waals surface area contributed by atoms with Crippen LogP contribution in [0.25, 0.3) is 6.08 Å². The molecule has 1 aromatic carbocycles. The van der Waals surface area contributed by atoms with Gasteiger partial charge in [0.05, 0.1) is 4.47 Å². The summed E-state index contributed by atoms with van der Waals surface area (Å²) in [5.41, 5.74) is 4.97. The van der Waals surface area contributed by atoms with Crippen molar-refractivity contribution >= 4 is 22.0 Å². The van der Waals surface area contributed by atoms with Crippen LogP contribution in [-0.4, -0.2) is 6.54 Å². The van der Waals surface area contributed by atoms with Gasteiger partial charge < -0.3 is 5.73 Å². The Labute approximate surface area is 87.5 Å². The molecule has 0 saturated carbocycles. The molecule has 0 aliphatic carbocycles. The van der Waals surface area contributed by atoms with Crippen molar-refractivity contribution in [2.45, 2.75) is 0 Å². The Hall–Kier alpha value is -0.810. The van der Waals surface area contributed by atoms with Crippen LogP contribution in [-0.2, 0) is 0 Å². The molecule has 2 N–H and O–H groups in total. The zero-order valence-electron chi connectivity index (χ0n) is 7.03. The topological polar surface area (TPSA) is 26.0 Å². The molecule has 1 rings (SSSR count). The fourth-order valence-electron chi connectivity index (χ4n) is 0.907. The van der Waals surface area contributed by atoms with E-state index in [0.29, 0.717) is 0 Å². The Morgan fingerprint density at radius 1 is 1.29 bits per heavy atom. The Bertz CT molecular complexity index is 377. The van der Waals surface area contributed by atoms with Gasteiger partial charge in [-0.3, -0.25) is 0 Å². The van der Waals surface area contributed by atoms with E-state index < -0.39 is 21.9 Å². The van der Waals surface area contributed by atoms with Crippen molar-refractivity contribution in [1.29, 1.82) is 0 Å². The Morgan fingerprint density at radius 3 is 2.50 bits per heavy atom. The highest BCUT2D eigenvalue weighted by atomic mass is 79.9. The van der Waals surface area contributed by atoms with Crippen molar-refractivity contribution in [3.63, 3.8) is 0 Å². The number of benzene rings is 1. The van der Waals surface area contributed by atoms with Gasteiger partial charge in [-0.25, -0.2) is 13.2 Å². The third kappa shape index (κ3) is 2.16. The Morgan fingerprint density at radius 2 is 1.93 bits per heavy atom. The summed E-state index contributed by atoms with van der Waals surface area (Å²) in [5.74, 6) is -3.18. The number of hydrogen-bond acceptors (Lipinski definition) is 1. The number of rotatable bonds is 2. The summed E-state index contributed by atoms with van der Waals surface area (Å²) in [5, 5.41) is 0. The van der Waals surface area contributed by atoms with Crippen molar-refractivity contribution in [1.82, 2.24) is 0 Å². The molecule has 0 heterocycles. The minimum absolute atomic E-state index is 0.159. The second-order valence-corrected chi connectivity index (χ2v) is 3.32. The smallest absolute Gasteiger partial charge is 0.176 e. The summed E-state index contributed by atoms with van der Waals surface area (Å²) >= 11 is 2.59. The first-order valence-electron chi connectivity index (χ1n) is 3.77. The van der Waals surface area contributed by atoms with E-state index in [2.05, 4.69) is 15.9 Å². The maximum absolute atomic E-state index is 13.1. The Balaban J connectivity index is 3.26. The van der Waals surface area contributed by atoms with E-state index in [4.69, 9.17) is 5.73 Å². The molecular formula is C9H7BrF3N. The molecule has 1 aromatic rings. The van der Waals surface area contributed by atoms with Crippen LogP contribution in [0.3, 0.4) is 0 Å². The van der Waals surface area contributed by atoms with Crippen LogP contribution in [0.15, 0.2) is 16.6 Å². The fourth-order valence-corrected chi connectivity index (χ4v) is 1.20. The molecule has 0 fully saturated rings. The molecule has 14 heavy (non-hydrogen) atoms. The van der Waals surface area contributed by atoms with Gasteiger partial charge in [-0.1, -0.05) is 12.2 Å². The van der Waals surface area contributed by atoms with E-state index in [1.807, 2.05) is 0 Å². The lowest BCUT2D eigenvalue weighted by Crippen LogP contribution is -1.96. The predicted molar refractivity (Wildman–Crippen MR) is 52.1 cm³/mol. The highest BCUT2D eigenvalue weighted by molar-refractivity contribution is 9.10. The highest BCUT2D eigenvalue weighted by Crippen LogP contribution is 2.25. The van der Waals surface area contributed by atoms with Gasteiger partial charge >= 0.3 is 0 Å². The molecule has 0 aliphatic rings. The maximum atomic E-state index is 13.1. The highest BCUT2D eigenvalue weighted by Gasteiger charge is 2.14.